The van der Waals surface area contributed by atoms with Gasteiger partial charge in [0.1, 0.15) is 0 Å². The Labute approximate surface area is 121 Å². The van der Waals surface area contributed by atoms with Crippen molar-refractivity contribution in [2.75, 3.05) is 6.61 Å². The summed E-state index contributed by atoms with van der Waals surface area (Å²) in [4.78, 5) is 11.6. The van der Waals surface area contributed by atoms with Gasteiger partial charge in [-0.1, -0.05) is 32.4 Å². The maximum absolute atomic E-state index is 11.6. The number of ether oxygens (including phenoxy) is 1. The molecule has 1 N–H and O–H groups in total. The molecule has 0 aliphatic rings. The summed E-state index contributed by atoms with van der Waals surface area (Å²) in [6.45, 7) is 4.68. The summed E-state index contributed by atoms with van der Waals surface area (Å²) in [5.41, 5.74) is 1.01. The Kier molecular flexibility index (Phi) is 7.48. The van der Waals surface area contributed by atoms with Crippen LogP contribution in [0.4, 0.5) is 0 Å². The second kappa shape index (κ2) is 9.18. The van der Waals surface area contributed by atoms with Crippen molar-refractivity contribution < 1.29 is 14.6 Å². The second-order valence-corrected chi connectivity index (χ2v) is 4.81. The molecule has 1 aromatic carbocycles. The van der Waals surface area contributed by atoms with E-state index in [0.29, 0.717) is 25.2 Å². The number of carbonyl (C=O) groups is 1. The molecular formula is C17H24O3. The summed E-state index contributed by atoms with van der Waals surface area (Å²) in [6, 6.07) is 5.27. The summed E-state index contributed by atoms with van der Waals surface area (Å²) >= 11 is 0. The van der Waals surface area contributed by atoms with Gasteiger partial charge in [0.05, 0.1) is 6.61 Å². The molecule has 0 radical (unpaired) electrons. The number of phenols is 1. The van der Waals surface area contributed by atoms with Crippen molar-refractivity contribution >= 4 is 5.78 Å². The van der Waals surface area contributed by atoms with Crippen molar-refractivity contribution in [2.45, 2.75) is 46.0 Å². The summed E-state index contributed by atoms with van der Waals surface area (Å²) in [5.74, 6) is 0.789. The number of rotatable bonds is 9. The molecule has 110 valence electrons. The molecule has 1 aromatic rings. The number of hydrogen-bond acceptors (Lipinski definition) is 3. The Morgan fingerprint density at radius 2 is 2.10 bits per heavy atom. The molecule has 0 heterocycles. The summed E-state index contributed by atoms with van der Waals surface area (Å²) in [7, 11) is 0. The first-order valence-corrected chi connectivity index (χ1v) is 7.31. The molecule has 0 bridgehead atoms. The van der Waals surface area contributed by atoms with Gasteiger partial charge in [0.15, 0.2) is 17.3 Å². The molecule has 0 aliphatic heterocycles. The summed E-state index contributed by atoms with van der Waals surface area (Å²) in [6.07, 6.45) is 7.63. The van der Waals surface area contributed by atoms with E-state index < -0.39 is 0 Å². The topological polar surface area (TPSA) is 46.5 Å². The molecule has 20 heavy (non-hydrogen) atoms. The summed E-state index contributed by atoms with van der Waals surface area (Å²) < 4.78 is 5.46. The molecule has 3 nitrogen and oxygen atoms in total. The van der Waals surface area contributed by atoms with Crippen molar-refractivity contribution in [1.29, 1.82) is 0 Å². The van der Waals surface area contributed by atoms with Gasteiger partial charge >= 0.3 is 0 Å². The van der Waals surface area contributed by atoms with Crippen LogP contribution in [0.5, 0.6) is 11.5 Å². The van der Waals surface area contributed by atoms with E-state index in [0.717, 1.165) is 24.8 Å². The van der Waals surface area contributed by atoms with Crippen LogP contribution in [0.3, 0.4) is 0 Å². The van der Waals surface area contributed by atoms with Crippen LogP contribution in [-0.2, 0) is 11.2 Å². The van der Waals surface area contributed by atoms with Crippen LogP contribution < -0.4 is 4.74 Å². The van der Waals surface area contributed by atoms with E-state index in [1.165, 1.54) is 0 Å². The largest absolute Gasteiger partial charge is 0.504 e. The molecule has 0 aromatic heterocycles. The number of carbonyl (C=O) groups excluding carboxylic acids is 1. The predicted octanol–water partition coefficient (Wildman–Crippen LogP) is 4.04. The number of benzene rings is 1. The highest BCUT2D eigenvalue weighted by Crippen LogP contribution is 2.27. The van der Waals surface area contributed by atoms with E-state index in [4.69, 9.17) is 4.74 Å². The number of unbranched alkanes of at least 4 members (excludes halogenated alkanes) is 1. The highest BCUT2D eigenvalue weighted by Gasteiger charge is 2.05. The lowest BCUT2D eigenvalue weighted by Crippen LogP contribution is -1.99. The molecule has 0 saturated heterocycles. The first kappa shape index (κ1) is 16.3. The molecule has 3 heteroatoms. The SMILES string of the molecule is CCCC=CC(=O)CCc1ccc(O)c(OCCC)c1. The Balaban J connectivity index is 2.53. The van der Waals surface area contributed by atoms with E-state index in [-0.39, 0.29) is 11.5 Å². The quantitative estimate of drug-likeness (QED) is 0.692. The molecule has 0 saturated carbocycles. The number of allylic oxidation sites excluding steroid dienone is 2. The van der Waals surface area contributed by atoms with Crippen molar-refractivity contribution in [3.8, 4) is 11.5 Å². The Hall–Kier alpha value is -1.77. The van der Waals surface area contributed by atoms with E-state index >= 15 is 0 Å². The van der Waals surface area contributed by atoms with E-state index in [2.05, 4.69) is 6.92 Å². The predicted molar refractivity (Wildman–Crippen MR) is 81.3 cm³/mol. The zero-order chi connectivity index (χ0) is 14.8. The average Bonchev–Trinajstić information content (AvgIpc) is 2.45. The lowest BCUT2D eigenvalue weighted by Gasteiger charge is -2.08. The van der Waals surface area contributed by atoms with Gasteiger partial charge in [0.25, 0.3) is 0 Å². The lowest BCUT2D eigenvalue weighted by atomic mass is 10.1. The van der Waals surface area contributed by atoms with Crippen molar-refractivity contribution in [3.63, 3.8) is 0 Å². The molecule has 0 spiro atoms. The zero-order valence-electron chi connectivity index (χ0n) is 12.4. The monoisotopic (exact) mass is 276 g/mol. The molecule has 0 fully saturated rings. The van der Waals surface area contributed by atoms with Gasteiger partial charge in [-0.25, -0.2) is 0 Å². The summed E-state index contributed by atoms with van der Waals surface area (Å²) in [5, 5.41) is 9.68. The van der Waals surface area contributed by atoms with E-state index in [9.17, 15) is 9.90 Å². The van der Waals surface area contributed by atoms with Crippen LogP contribution in [0.15, 0.2) is 30.4 Å². The smallest absolute Gasteiger partial charge is 0.161 e. The van der Waals surface area contributed by atoms with Crippen LogP contribution in [0.1, 0.15) is 45.1 Å². The number of aromatic hydroxyl groups is 1. The molecule has 0 unspecified atom stereocenters. The van der Waals surface area contributed by atoms with Crippen molar-refractivity contribution in [1.82, 2.24) is 0 Å². The third-order valence-corrected chi connectivity index (χ3v) is 2.91. The maximum Gasteiger partial charge on any atom is 0.161 e. The normalized spacial score (nSPS) is 10.9. The number of ketones is 1. The molecule has 1 rings (SSSR count). The first-order chi connectivity index (χ1) is 9.67. The van der Waals surface area contributed by atoms with Crippen molar-refractivity contribution in [2.24, 2.45) is 0 Å². The van der Waals surface area contributed by atoms with Crippen molar-refractivity contribution in [3.05, 3.63) is 35.9 Å². The second-order valence-electron chi connectivity index (χ2n) is 4.81. The highest BCUT2D eigenvalue weighted by molar-refractivity contribution is 5.89. The van der Waals surface area contributed by atoms with Crippen LogP contribution in [0.25, 0.3) is 0 Å². The number of hydrogen-bond donors (Lipinski definition) is 1. The zero-order valence-corrected chi connectivity index (χ0v) is 12.4. The fourth-order valence-electron chi connectivity index (χ4n) is 1.77. The molecule has 0 amide bonds. The Morgan fingerprint density at radius 1 is 1.30 bits per heavy atom. The van der Waals surface area contributed by atoms with E-state index in [1.54, 1.807) is 12.1 Å². The third kappa shape index (κ3) is 5.91. The van der Waals surface area contributed by atoms with Gasteiger partial charge in [-0.2, -0.15) is 0 Å². The van der Waals surface area contributed by atoms with Crippen LogP contribution >= 0.6 is 0 Å². The number of phenolic OH excluding ortho intramolecular Hbond substituents is 1. The van der Waals surface area contributed by atoms with Gasteiger partial charge in [0, 0.05) is 6.42 Å². The lowest BCUT2D eigenvalue weighted by molar-refractivity contribution is -0.114. The molecular weight excluding hydrogens is 252 g/mol. The van der Waals surface area contributed by atoms with Gasteiger partial charge in [-0.15, -0.1) is 0 Å². The van der Waals surface area contributed by atoms with E-state index in [1.807, 2.05) is 25.1 Å². The van der Waals surface area contributed by atoms with Gasteiger partial charge in [-0.05, 0) is 43.0 Å². The van der Waals surface area contributed by atoms with Crippen LogP contribution in [-0.4, -0.2) is 17.5 Å². The standard InChI is InChI=1S/C17H24O3/c1-3-5-6-7-15(18)10-8-14-9-11-16(19)17(13-14)20-12-4-2/h6-7,9,11,13,19H,3-5,8,10,12H2,1-2H3. The fourth-order valence-corrected chi connectivity index (χ4v) is 1.77. The first-order valence-electron chi connectivity index (χ1n) is 7.31. The van der Waals surface area contributed by atoms with Crippen LogP contribution in [0.2, 0.25) is 0 Å². The Bertz CT molecular complexity index is 450. The minimum atomic E-state index is 0.141. The minimum absolute atomic E-state index is 0.141. The fraction of sp³-hybridized carbons (Fsp3) is 0.471. The van der Waals surface area contributed by atoms with Crippen LogP contribution in [0, 0.1) is 0 Å². The molecule has 0 atom stereocenters. The third-order valence-electron chi connectivity index (χ3n) is 2.91. The Morgan fingerprint density at radius 3 is 2.80 bits per heavy atom. The van der Waals surface area contributed by atoms with Gasteiger partial charge in [0.2, 0.25) is 0 Å². The van der Waals surface area contributed by atoms with Gasteiger partial charge < -0.3 is 9.84 Å². The highest BCUT2D eigenvalue weighted by atomic mass is 16.5. The number of aryl methyl sites for hydroxylation is 1. The maximum atomic E-state index is 11.6. The minimum Gasteiger partial charge on any atom is -0.504 e. The average molecular weight is 276 g/mol. The van der Waals surface area contributed by atoms with Gasteiger partial charge in [-0.3, -0.25) is 4.79 Å². The molecule has 0 aliphatic carbocycles.